The number of hydrogen-bond acceptors (Lipinski definition) is 4. The molecule has 1 amide bonds. The number of benzene rings is 1. The van der Waals surface area contributed by atoms with E-state index < -0.39 is 0 Å². The number of carbonyl (C=O) groups excluding carboxylic acids is 2. The Morgan fingerprint density at radius 1 is 1.35 bits per heavy atom. The largest absolute Gasteiger partial charge is 0.395 e. The van der Waals surface area contributed by atoms with Crippen molar-refractivity contribution in [3.63, 3.8) is 0 Å². The van der Waals surface area contributed by atoms with Crippen molar-refractivity contribution in [2.45, 2.75) is 26.8 Å². The van der Waals surface area contributed by atoms with Crippen molar-refractivity contribution in [3.05, 3.63) is 29.8 Å². The van der Waals surface area contributed by atoms with Crippen LogP contribution in [0.2, 0.25) is 0 Å². The fraction of sp³-hybridized carbons (Fsp3) is 0.467. The van der Waals surface area contributed by atoms with Crippen LogP contribution in [0.1, 0.15) is 31.1 Å². The molecule has 0 aromatic heterocycles. The first-order chi connectivity index (χ1) is 9.43. The van der Waals surface area contributed by atoms with Crippen molar-refractivity contribution in [3.8, 4) is 0 Å². The highest BCUT2D eigenvalue weighted by molar-refractivity contribution is 5.97. The van der Waals surface area contributed by atoms with Gasteiger partial charge in [-0.1, -0.05) is 12.1 Å². The number of carbonyl (C=O) groups is 2. The van der Waals surface area contributed by atoms with Crippen LogP contribution in [0.3, 0.4) is 0 Å². The normalized spacial score (nSPS) is 10.9. The molecule has 0 aliphatic carbocycles. The summed E-state index contributed by atoms with van der Waals surface area (Å²) in [6.45, 7) is 6.12. The topological polar surface area (TPSA) is 69.6 Å². The van der Waals surface area contributed by atoms with E-state index in [1.165, 1.54) is 6.92 Å². The number of rotatable bonds is 7. The highest BCUT2D eigenvalue weighted by Gasteiger charge is 2.13. The number of anilines is 1. The Morgan fingerprint density at radius 2 is 2.05 bits per heavy atom. The fourth-order valence-electron chi connectivity index (χ4n) is 1.85. The van der Waals surface area contributed by atoms with Crippen LogP contribution in [0, 0.1) is 0 Å². The van der Waals surface area contributed by atoms with Gasteiger partial charge in [0.15, 0.2) is 5.78 Å². The molecule has 0 aliphatic rings. The zero-order chi connectivity index (χ0) is 15.1. The first-order valence-corrected chi connectivity index (χ1v) is 6.69. The summed E-state index contributed by atoms with van der Waals surface area (Å²) in [5.41, 5.74) is 1.18. The molecular weight excluding hydrogens is 256 g/mol. The molecule has 0 saturated carbocycles. The molecule has 0 bridgehead atoms. The van der Waals surface area contributed by atoms with E-state index >= 15 is 0 Å². The highest BCUT2D eigenvalue weighted by Crippen LogP contribution is 2.11. The standard InChI is InChI=1S/C15H22N2O3/c1-11(2)17(7-8-18)10-15(20)16-14-6-4-5-13(9-14)12(3)19/h4-6,9,11,18H,7-8,10H2,1-3H3,(H,16,20). The first kappa shape index (κ1) is 16.3. The van der Waals surface area contributed by atoms with Crippen molar-refractivity contribution >= 4 is 17.4 Å². The monoisotopic (exact) mass is 278 g/mol. The van der Waals surface area contributed by atoms with Crippen LogP contribution in [0.4, 0.5) is 5.69 Å². The molecule has 1 rings (SSSR count). The summed E-state index contributed by atoms with van der Waals surface area (Å²) in [7, 11) is 0. The van der Waals surface area contributed by atoms with E-state index in [0.29, 0.717) is 17.8 Å². The number of nitrogens with zero attached hydrogens (tertiary/aromatic N) is 1. The van der Waals surface area contributed by atoms with Crippen molar-refractivity contribution in [2.24, 2.45) is 0 Å². The van der Waals surface area contributed by atoms with Gasteiger partial charge in [0, 0.05) is 23.8 Å². The minimum atomic E-state index is -0.159. The third kappa shape index (κ3) is 5.11. The van der Waals surface area contributed by atoms with Crippen LogP contribution in [-0.4, -0.2) is 47.4 Å². The molecule has 20 heavy (non-hydrogen) atoms. The van der Waals surface area contributed by atoms with Gasteiger partial charge in [-0.2, -0.15) is 0 Å². The SMILES string of the molecule is CC(=O)c1cccc(NC(=O)CN(CCO)C(C)C)c1. The Bertz CT molecular complexity index is 472. The van der Waals surface area contributed by atoms with Gasteiger partial charge in [-0.3, -0.25) is 14.5 Å². The second-order valence-corrected chi connectivity index (χ2v) is 4.97. The first-order valence-electron chi connectivity index (χ1n) is 6.69. The minimum absolute atomic E-state index is 0.0191. The lowest BCUT2D eigenvalue weighted by molar-refractivity contribution is -0.117. The van der Waals surface area contributed by atoms with E-state index in [0.717, 1.165) is 0 Å². The van der Waals surface area contributed by atoms with Gasteiger partial charge in [-0.05, 0) is 32.9 Å². The molecule has 0 aliphatic heterocycles. The molecule has 0 radical (unpaired) electrons. The minimum Gasteiger partial charge on any atom is -0.395 e. The number of nitrogens with one attached hydrogen (secondary N) is 1. The molecule has 0 saturated heterocycles. The number of amides is 1. The third-order valence-corrected chi connectivity index (χ3v) is 3.02. The summed E-state index contributed by atoms with van der Waals surface area (Å²) in [6, 6.07) is 7.03. The van der Waals surface area contributed by atoms with Crippen LogP contribution >= 0.6 is 0 Å². The van der Waals surface area contributed by atoms with E-state index in [1.54, 1.807) is 24.3 Å². The summed E-state index contributed by atoms with van der Waals surface area (Å²) < 4.78 is 0. The van der Waals surface area contributed by atoms with Crippen LogP contribution in [-0.2, 0) is 4.79 Å². The molecule has 0 heterocycles. The molecule has 5 heteroatoms. The smallest absolute Gasteiger partial charge is 0.238 e. The third-order valence-electron chi connectivity index (χ3n) is 3.02. The van der Waals surface area contributed by atoms with Crippen molar-refractivity contribution in [2.75, 3.05) is 25.0 Å². The maximum atomic E-state index is 12.0. The van der Waals surface area contributed by atoms with E-state index in [2.05, 4.69) is 5.32 Å². The van der Waals surface area contributed by atoms with Gasteiger partial charge in [-0.25, -0.2) is 0 Å². The quantitative estimate of drug-likeness (QED) is 0.742. The molecular formula is C15H22N2O3. The van der Waals surface area contributed by atoms with Crippen LogP contribution in [0.5, 0.6) is 0 Å². The average molecular weight is 278 g/mol. The van der Waals surface area contributed by atoms with Gasteiger partial charge in [0.05, 0.1) is 13.2 Å². The molecule has 110 valence electrons. The number of Topliss-reactive ketones (excluding diaryl/α,β-unsaturated/α-hetero) is 1. The summed E-state index contributed by atoms with van der Waals surface area (Å²) in [4.78, 5) is 25.1. The Morgan fingerprint density at radius 3 is 2.60 bits per heavy atom. The van der Waals surface area contributed by atoms with Crippen molar-refractivity contribution in [1.29, 1.82) is 0 Å². The molecule has 2 N–H and O–H groups in total. The van der Waals surface area contributed by atoms with E-state index in [1.807, 2.05) is 18.7 Å². The van der Waals surface area contributed by atoms with E-state index in [9.17, 15) is 9.59 Å². The van der Waals surface area contributed by atoms with Crippen LogP contribution in [0.25, 0.3) is 0 Å². The Hall–Kier alpha value is -1.72. The molecule has 1 aromatic carbocycles. The van der Waals surface area contributed by atoms with Gasteiger partial charge in [0.1, 0.15) is 0 Å². The maximum absolute atomic E-state index is 12.0. The molecule has 0 atom stereocenters. The highest BCUT2D eigenvalue weighted by atomic mass is 16.3. The predicted molar refractivity (Wildman–Crippen MR) is 78.9 cm³/mol. The number of ketones is 1. The Balaban J connectivity index is 2.65. The van der Waals surface area contributed by atoms with Crippen LogP contribution < -0.4 is 5.32 Å². The van der Waals surface area contributed by atoms with Crippen molar-refractivity contribution in [1.82, 2.24) is 4.90 Å². The maximum Gasteiger partial charge on any atom is 0.238 e. The van der Waals surface area contributed by atoms with Gasteiger partial charge in [0.2, 0.25) is 5.91 Å². The Labute approximate surface area is 119 Å². The summed E-state index contributed by atoms with van der Waals surface area (Å²) in [5, 5.41) is 11.7. The summed E-state index contributed by atoms with van der Waals surface area (Å²) in [5.74, 6) is -0.196. The van der Waals surface area contributed by atoms with E-state index in [-0.39, 0.29) is 30.9 Å². The molecule has 0 fully saturated rings. The lowest BCUT2D eigenvalue weighted by Gasteiger charge is -2.24. The van der Waals surface area contributed by atoms with Gasteiger partial charge in [0.25, 0.3) is 0 Å². The number of aliphatic hydroxyl groups is 1. The lowest BCUT2D eigenvalue weighted by atomic mass is 10.1. The van der Waals surface area contributed by atoms with Crippen LogP contribution in [0.15, 0.2) is 24.3 Å². The molecule has 1 aromatic rings. The zero-order valence-corrected chi connectivity index (χ0v) is 12.2. The van der Waals surface area contributed by atoms with E-state index in [4.69, 9.17) is 5.11 Å². The zero-order valence-electron chi connectivity index (χ0n) is 12.2. The molecule has 5 nitrogen and oxygen atoms in total. The number of aliphatic hydroxyl groups excluding tert-OH is 1. The molecule has 0 unspecified atom stereocenters. The summed E-state index contributed by atoms with van der Waals surface area (Å²) >= 11 is 0. The van der Waals surface area contributed by atoms with Gasteiger partial charge in [-0.15, -0.1) is 0 Å². The van der Waals surface area contributed by atoms with Gasteiger partial charge >= 0.3 is 0 Å². The second kappa shape index (κ2) is 7.77. The summed E-state index contributed by atoms with van der Waals surface area (Å²) in [6.07, 6.45) is 0. The van der Waals surface area contributed by atoms with Gasteiger partial charge < -0.3 is 10.4 Å². The average Bonchev–Trinajstić information content (AvgIpc) is 2.38. The van der Waals surface area contributed by atoms with Crippen molar-refractivity contribution < 1.29 is 14.7 Å². The Kier molecular flexibility index (Phi) is 6.35. The predicted octanol–water partition coefficient (Wildman–Crippen LogP) is 1.53. The fourth-order valence-corrected chi connectivity index (χ4v) is 1.85. The molecule has 0 spiro atoms. The lowest BCUT2D eigenvalue weighted by Crippen LogP contribution is -2.39. The number of hydrogen-bond donors (Lipinski definition) is 2. The second-order valence-electron chi connectivity index (χ2n) is 4.97.